The van der Waals surface area contributed by atoms with Crippen molar-refractivity contribution in [3.05, 3.63) is 22.2 Å². The van der Waals surface area contributed by atoms with Crippen LogP contribution in [-0.2, 0) is 0 Å². The molecule has 1 aromatic rings. The van der Waals surface area contributed by atoms with Crippen LogP contribution in [0.2, 0.25) is 0 Å². The summed E-state index contributed by atoms with van der Waals surface area (Å²) in [6.07, 6.45) is 0. The third-order valence-corrected chi connectivity index (χ3v) is 3.12. The summed E-state index contributed by atoms with van der Waals surface area (Å²) in [5.74, 6) is -2.88. The van der Waals surface area contributed by atoms with Crippen molar-refractivity contribution in [1.82, 2.24) is 0 Å². The van der Waals surface area contributed by atoms with Crippen LogP contribution in [0.4, 0.5) is 8.78 Å². The van der Waals surface area contributed by atoms with E-state index >= 15 is 0 Å². The maximum Gasteiger partial charge on any atom is 0.289 e. The molecule has 0 fully saturated rings. The lowest BCUT2D eigenvalue weighted by Crippen LogP contribution is -2.36. The molecule has 0 aliphatic rings. The van der Waals surface area contributed by atoms with Crippen molar-refractivity contribution >= 4 is 28.3 Å². The van der Waals surface area contributed by atoms with Crippen molar-refractivity contribution < 1.29 is 23.4 Å². The zero-order chi connectivity index (χ0) is 13.9. The number of nitrogens with two attached hydrogens (primary N) is 1. The van der Waals surface area contributed by atoms with Crippen LogP contribution in [0, 0.1) is 0 Å². The molecule has 110 valence electrons. The topological polar surface area (TPSA) is 64.7 Å². The smallest absolute Gasteiger partial charge is 0.289 e. The van der Waals surface area contributed by atoms with E-state index < -0.39 is 18.6 Å². The molecule has 0 aliphatic heterocycles. The van der Waals surface area contributed by atoms with Gasteiger partial charge in [-0.2, -0.15) is 0 Å². The number of aliphatic hydroxyl groups is 1. The van der Waals surface area contributed by atoms with Gasteiger partial charge in [-0.3, -0.25) is 0 Å². The van der Waals surface area contributed by atoms with Gasteiger partial charge in [0.15, 0.2) is 0 Å². The predicted octanol–water partition coefficient (Wildman–Crippen LogP) is 2.52. The van der Waals surface area contributed by atoms with Gasteiger partial charge in [-0.1, -0.05) is 0 Å². The van der Waals surface area contributed by atoms with Gasteiger partial charge in [-0.05, 0) is 28.1 Å². The van der Waals surface area contributed by atoms with Crippen LogP contribution >= 0.6 is 28.3 Å². The summed E-state index contributed by atoms with van der Waals surface area (Å²) in [7, 11) is 2.76. The van der Waals surface area contributed by atoms with E-state index in [1.54, 1.807) is 0 Å². The second kappa shape index (κ2) is 7.23. The lowest BCUT2D eigenvalue weighted by atomic mass is 10.0. The monoisotopic (exact) mass is 361 g/mol. The van der Waals surface area contributed by atoms with E-state index in [1.165, 1.54) is 26.4 Å². The molecule has 0 amide bonds. The summed E-state index contributed by atoms with van der Waals surface area (Å²) in [6.45, 7) is -1.34. The van der Waals surface area contributed by atoms with Crippen molar-refractivity contribution in [2.75, 3.05) is 20.8 Å². The average molecular weight is 363 g/mol. The minimum atomic E-state index is -3.44. The molecular formula is C11H15BrClF2NO3. The fourth-order valence-electron chi connectivity index (χ4n) is 1.45. The van der Waals surface area contributed by atoms with Gasteiger partial charge >= 0.3 is 0 Å². The Bertz CT molecular complexity index is 435. The minimum Gasteiger partial charge on any atom is -0.496 e. The summed E-state index contributed by atoms with van der Waals surface area (Å²) in [4.78, 5) is 0. The minimum absolute atomic E-state index is 0. The second-order valence-corrected chi connectivity index (χ2v) is 4.48. The van der Waals surface area contributed by atoms with Crippen molar-refractivity contribution in [2.45, 2.75) is 12.0 Å². The number of benzene rings is 1. The van der Waals surface area contributed by atoms with E-state index in [1.807, 2.05) is 0 Å². The zero-order valence-corrected chi connectivity index (χ0v) is 12.7. The van der Waals surface area contributed by atoms with E-state index in [0.29, 0.717) is 10.2 Å². The first-order valence-electron chi connectivity index (χ1n) is 5.03. The largest absolute Gasteiger partial charge is 0.496 e. The second-order valence-electron chi connectivity index (χ2n) is 3.63. The van der Waals surface area contributed by atoms with E-state index in [9.17, 15) is 8.78 Å². The van der Waals surface area contributed by atoms with Gasteiger partial charge in [-0.25, -0.2) is 8.78 Å². The SMILES string of the molecule is COc1cc([C@@H](N)C(F)(F)CO)c(OC)cc1Br.Cl. The molecular weight excluding hydrogens is 347 g/mol. The highest BCUT2D eigenvalue weighted by atomic mass is 79.9. The Morgan fingerprint density at radius 2 is 1.84 bits per heavy atom. The molecule has 8 heteroatoms. The third kappa shape index (κ3) is 3.92. The van der Waals surface area contributed by atoms with Crippen LogP contribution in [0.15, 0.2) is 16.6 Å². The fourth-order valence-corrected chi connectivity index (χ4v) is 1.94. The lowest BCUT2D eigenvalue weighted by Gasteiger charge is -2.24. The molecule has 0 saturated heterocycles. The van der Waals surface area contributed by atoms with Crippen LogP contribution in [0.3, 0.4) is 0 Å². The predicted molar refractivity (Wildman–Crippen MR) is 73.5 cm³/mol. The highest BCUT2D eigenvalue weighted by Gasteiger charge is 2.39. The number of ether oxygens (including phenoxy) is 2. The van der Waals surface area contributed by atoms with Gasteiger partial charge in [0.2, 0.25) is 0 Å². The molecule has 0 heterocycles. The van der Waals surface area contributed by atoms with E-state index in [-0.39, 0.29) is 23.7 Å². The number of halogens is 4. The number of aliphatic hydroxyl groups excluding tert-OH is 1. The number of hydrogen-bond acceptors (Lipinski definition) is 4. The van der Waals surface area contributed by atoms with E-state index in [0.717, 1.165) is 0 Å². The van der Waals surface area contributed by atoms with Gasteiger partial charge in [-0.15, -0.1) is 12.4 Å². The molecule has 0 bridgehead atoms. The molecule has 4 nitrogen and oxygen atoms in total. The molecule has 0 saturated carbocycles. The summed E-state index contributed by atoms with van der Waals surface area (Å²) >= 11 is 3.22. The quantitative estimate of drug-likeness (QED) is 0.845. The van der Waals surface area contributed by atoms with Crippen LogP contribution < -0.4 is 15.2 Å². The molecule has 19 heavy (non-hydrogen) atoms. The van der Waals surface area contributed by atoms with Gasteiger partial charge in [0, 0.05) is 5.56 Å². The highest BCUT2D eigenvalue weighted by Crippen LogP contribution is 2.39. The number of methoxy groups -OCH3 is 2. The Morgan fingerprint density at radius 3 is 2.26 bits per heavy atom. The maximum absolute atomic E-state index is 13.4. The lowest BCUT2D eigenvalue weighted by molar-refractivity contribution is -0.0716. The van der Waals surface area contributed by atoms with E-state index in [4.69, 9.17) is 20.3 Å². The van der Waals surface area contributed by atoms with Gasteiger partial charge in [0.05, 0.1) is 18.7 Å². The summed E-state index contributed by atoms with van der Waals surface area (Å²) < 4.78 is 37.4. The van der Waals surface area contributed by atoms with Crippen LogP contribution in [0.5, 0.6) is 11.5 Å². The molecule has 1 aromatic carbocycles. The molecule has 0 radical (unpaired) electrons. The first-order valence-corrected chi connectivity index (χ1v) is 5.82. The maximum atomic E-state index is 13.4. The summed E-state index contributed by atoms with van der Waals surface area (Å²) in [6, 6.07) is 1.16. The normalized spacial score (nSPS) is 12.6. The Balaban J connectivity index is 0.00000324. The zero-order valence-electron chi connectivity index (χ0n) is 10.3. The van der Waals surface area contributed by atoms with Crippen LogP contribution in [0.25, 0.3) is 0 Å². The van der Waals surface area contributed by atoms with Gasteiger partial charge < -0.3 is 20.3 Å². The molecule has 0 spiro atoms. The highest BCUT2D eigenvalue weighted by molar-refractivity contribution is 9.10. The number of hydrogen-bond donors (Lipinski definition) is 2. The molecule has 1 rings (SSSR count). The Morgan fingerprint density at radius 1 is 1.32 bits per heavy atom. The van der Waals surface area contributed by atoms with Crippen molar-refractivity contribution in [2.24, 2.45) is 5.73 Å². The van der Waals surface area contributed by atoms with Crippen LogP contribution in [0.1, 0.15) is 11.6 Å². The number of alkyl halides is 2. The average Bonchev–Trinajstić information content (AvgIpc) is 2.37. The Hall–Kier alpha value is -0.630. The first kappa shape index (κ1) is 18.4. The summed E-state index contributed by atoms with van der Waals surface area (Å²) in [5, 5.41) is 8.66. The molecule has 1 atom stereocenters. The Labute approximate surface area is 124 Å². The van der Waals surface area contributed by atoms with Gasteiger partial charge in [0.25, 0.3) is 5.92 Å². The molecule has 0 aromatic heterocycles. The molecule has 0 aliphatic carbocycles. The van der Waals surface area contributed by atoms with E-state index in [2.05, 4.69) is 15.9 Å². The Kier molecular flexibility index (Phi) is 6.99. The summed E-state index contributed by atoms with van der Waals surface area (Å²) in [5.41, 5.74) is 5.54. The first-order chi connectivity index (χ1) is 8.37. The fraction of sp³-hybridized carbons (Fsp3) is 0.455. The van der Waals surface area contributed by atoms with Crippen LogP contribution in [-0.4, -0.2) is 31.9 Å². The van der Waals surface area contributed by atoms with Crippen molar-refractivity contribution in [3.8, 4) is 11.5 Å². The third-order valence-electron chi connectivity index (χ3n) is 2.51. The standard InChI is InChI=1S/C11H14BrF2NO3.ClH/c1-17-8-4-7(12)9(18-2)3-6(8)10(15)11(13,14)5-16;/h3-4,10,16H,5,15H2,1-2H3;1H/t10-;/m1./s1. The van der Waals surface area contributed by atoms with Crippen molar-refractivity contribution in [3.63, 3.8) is 0 Å². The van der Waals surface area contributed by atoms with Gasteiger partial charge in [0.1, 0.15) is 24.1 Å². The molecule has 0 unspecified atom stereocenters. The van der Waals surface area contributed by atoms with Crippen molar-refractivity contribution in [1.29, 1.82) is 0 Å². The number of rotatable bonds is 5. The molecule has 3 N–H and O–H groups in total.